The maximum Gasteiger partial charge on any atom is 0.280 e. The summed E-state index contributed by atoms with van der Waals surface area (Å²) in [6.07, 6.45) is 0. The molecule has 0 N–H and O–H groups in total. The highest BCUT2D eigenvalue weighted by Crippen LogP contribution is 2.45. The van der Waals surface area contributed by atoms with Gasteiger partial charge in [-0.05, 0) is 57.3 Å². The molecule has 2 aliphatic heterocycles. The van der Waals surface area contributed by atoms with Crippen LogP contribution in [0.2, 0.25) is 0 Å². The summed E-state index contributed by atoms with van der Waals surface area (Å²) >= 11 is 8.71. The lowest BCUT2D eigenvalue weighted by Gasteiger charge is -2.19. The number of hydrogen-bond acceptors (Lipinski definition) is 6. The van der Waals surface area contributed by atoms with E-state index < -0.39 is 0 Å². The molecule has 0 radical (unpaired) electrons. The first-order valence-corrected chi connectivity index (χ1v) is 13.3. The molecule has 6 nitrogen and oxygen atoms in total. The summed E-state index contributed by atoms with van der Waals surface area (Å²) in [5.41, 5.74) is 2.28. The van der Waals surface area contributed by atoms with Crippen LogP contribution in [0.4, 0.5) is 11.4 Å². The van der Waals surface area contributed by atoms with Gasteiger partial charge in [0.05, 0.1) is 5.69 Å². The van der Waals surface area contributed by atoms with Crippen LogP contribution in [0.15, 0.2) is 64.3 Å². The van der Waals surface area contributed by atoms with Gasteiger partial charge in [0, 0.05) is 30.2 Å². The zero-order valence-electron chi connectivity index (χ0n) is 19.1. The first kappa shape index (κ1) is 22.9. The van der Waals surface area contributed by atoms with E-state index >= 15 is 0 Å². The van der Waals surface area contributed by atoms with Crippen LogP contribution in [0.1, 0.15) is 20.8 Å². The minimum Gasteiger partial charge on any atom is -0.334 e. The Labute approximate surface area is 211 Å². The number of likely N-dealkylation sites (N-methyl/N-ethyl adjacent to an activating group) is 1. The second kappa shape index (κ2) is 9.05. The third-order valence-electron chi connectivity index (χ3n) is 5.94. The van der Waals surface area contributed by atoms with Crippen LogP contribution < -0.4 is 24.6 Å². The molecule has 2 aromatic carbocycles. The maximum atomic E-state index is 13.7. The number of thiazole rings is 1. The van der Waals surface area contributed by atoms with Crippen LogP contribution in [-0.4, -0.2) is 33.6 Å². The van der Waals surface area contributed by atoms with Gasteiger partial charge in [0.1, 0.15) is 19.9 Å². The number of fused-ring (bicyclic) bond motifs is 1. The SMILES string of the molecule is CCN1C(=O)/C(=c2/s/c(=C3/Sc4ccccc4N3CC)c(=O)n2CC)N(c2ccccc2)C1=S. The van der Waals surface area contributed by atoms with Crippen molar-refractivity contribution in [3.8, 4) is 0 Å². The van der Waals surface area contributed by atoms with Crippen molar-refractivity contribution in [1.29, 1.82) is 0 Å². The topological polar surface area (TPSA) is 48.8 Å². The minimum absolute atomic E-state index is 0.0783. The van der Waals surface area contributed by atoms with Gasteiger partial charge in [-0.3, -0.25) is 24.0 Å². The summed E-state index contributed by atoms with van der Waals surface area (Å²) in [5, 5.41) is 1.35. The molecule has 0 bridgehead atoms. The van der Waals surface area contributed by atoms with Crippen LogP contribution in [-0.2, 0) is 11.3 Å². The Hall–Kier alpha value is -2.88. The molecule has 1 aromatic heterocycles. The standard InChI is InChI=1S/C25H24N4O2S3/c1-4-26-17-14-10-11-15-18(17)33-24(26)20-22(31)27(5-2)23(34-20)19-21(30)28(6-3)25(32)29(19)16-12-8-7-9-13-16/h7-15H,4-6H2,1-3H3/b23-19-,24-20+. The number of thiocarbonyl (C=S) groups is 1. The van der Waals surface area contributed by atoms with Gasteiger partial charge in [0.15, 0.2) is 5.11 Å². The van der Waals surface area contributed by atoms with Crippen molar-refractivity contribution in [3.63, 3.8) is 0 Å². The highest BCUT2D eigenvalue weighted by atomic mass is 32.2. The lowest BCUT2D eigenvalue weighted by atomic mass is 10.3. The molecule has 9 heteroatoms. The third-order valence-corrected chi connectivity index (χ3v) is 8.84. The van der Waals surface area contributed by atoms with Crippen molar-refractivity contribution < 1.29 is 4.79 Å². The van der Waals surface area contributed by atoms with E-state index in [0.717, 1.165) is 27.8 Å². The van der Waals surface area contributed by atoms with E-state index in [1.54, 1.807) is 26.1 Å². The number of rotatable bonds is 4. The Kier molecular flexibility index (Phi) is 6.09. The molecule has 0 aliphatic carbocycles. The number of amides is 1. The molecule has 0 saturated carbocycles. The molecule has 0 atom stereocenters. The number of nitrogens with zero attached hydrogens (tertiary/aromatic N) is 4. The summed E-state index contributed by atoms with van der Waals surface area (Å²) < 4.78 is 2.99. The predicted molar refractivity (Wildman–Crippen MR) is 145 cm³/mol. The Morgan fingerprint density at radius 3 is 2.21 bits per heavy atom. The fraction of sp³-hybridized carbons (Fsp3) is 0.240. The number of thioether (sulfide) groups is 1. The monoisotopic (exact) mass is 508 g/mol. The summed E-state index contributed by atoms with van der Waals surface area (Å²) in [7, 11) is 0. The fourth-order valence-electron chi connectivity index (χ4n) is 4.34. The first-order chi connectivity index (χ1) is 16.5. The fourth-order valence-corrected chi connectivity index (χ4v) is 7.34. The first-order valence-electron chi connectivity index (χ1n) is 11.2. The van der Waals surface area contributed by atoms with Crippen LogP contribution in [0, 0.1) is 0 Å². The van der Waals surface area contributed by atoms with Gasteiger partial charge in [-0.1, -0.05) is 42.1 Å². The number of carbonyl (C=O) groups excluding carboxylic acids is 1. The van der Waals surface area contributed by atoms with Gasteiger partial charge in [-0.2, -0.15) is 0 Å². The van der Waals surface area contributed by atoms with E-state index in [2.05, 4.69) is 24.0 Å². The molecule has 2 aliphatic rings. The van der Waals surface area contributed by atoms with E-state index in [1.165, 1.54) is 11.3 Å². The average molecular weight is 509 g/mol. The molecule has 1 amide bonds. The number of aromatic nitrogens is 1. The minimum atomic E-state index is -0.175. The van der Waals surface area contributed by atoms with E-state index in [9.17, 15) is 9.59 Å². The van der Waals surface area contributed by atoms with E-state index in [1.807, 2.05) is 56.3 Å². The van der Waals surface area contributed by atoms with Gasteiger partial charge in [0.2, 0.25) is 0 Å². The van der Waals surface area contributed by atoms with E-state index in [4.69, 9.17) is 12.2 Å². The number of para-hydroxylation sites is 2. The number of benzene rings is 2. The molecule has 1 saturated heterocycles. The molecule has 174 valence electrons. The molecule has 3 heterocycles. The van der Waals surface area contributed by atoms with E-state index in [0.29, 0.717) is 33.1 Å². The second-order valence-corrected chi connectivity index (χ2v) is 10.2. The quantitative estimate of drug-likeness (QED) is 0.504. The van der Waals surface area contributed by atoms with Crippen LogP contribution >= 0.6 is 35.3 Å². The lowest BCUT2D eigenvalue weighted by molar-refractivity contribution is -0.120. The second-order valence-electron chi connectivity index (χ2n) is 7.76. The van der Waals surface area contributed by atoms with Gasteiger partial charge < -0.3 is 4.90 Å². The highest BCUT2D eigenvalue weighted by Gasteiger charge is 2.40. The zero-order valence-corrected chi connectivity index (χ0v) is 21.6. The van der Waals surface area contributed by atoms with Crippen molar-refractivity contribution >= 4 is 68.4 Å². The van der Waals surface area contributed by atoms with Crippen molar-refractivity contribution in [1.82, 2.24) is 9.47 Å². The molecule has 3 aromatic rings. The Morgan fingerprint density at radius 1 is 0.853 bits per heavy atom. The molecule has 34 heavy (non-hydrogen) atoms. The Bertz CT molecular complexity index is 1480. The third kappa shape index (κ3) is 3.41. The van der Waals surface area contributed by atoms with Crippen LogP contribution in [0.3, 0.4) is 0 Å². The molecule has 5 rings (SSSR count). The summed E-state index contributed by atoms with van der Waals surface area (Å²) in [6.45, 7) is 7.59. The van der Waals surface area contributed by atoms with Gasteiger partial charge in [-0.25, -0.2) is 0 Å². The van der Waals surface area contributed by atoms with E-state index in [-0.39, 0.29) is 11.5 Å². The molecule has 0 spiro atoms. The molecular weight excluding hydrogens is 485 g/mol. The van der Waals surface area contributed by atoms with Crippen molar-refractivity contribution in [2.45, 2.75) is 32.2 Å². The van der Waals surface area contributed by atoms with Gasteiger partial charge in [-0.15, -0.1) is 11.3 Å². The number of carbonyl (C=O) groups is 1. The predicted octanol–water partition coefficient (Wildman–Crippen LogP) is 3.39. The van der Waals surface area contributed by atoms with Crippen LogP contribution in [0.5, 0.6) is 0 Å². The van der Waals surface area contributed by atoms with Crippen molar-refractivity contribution in [2.24, 2.45) is 0 Å². The summed E-state index contributed by atoms with van der Waals surface area (Å²) in [5.74, 6) is -0.175. The molecular formula is C25H24N4O2S3. The molecule has 0 unspecified atom stereocenters. The Balaban J connectivity index is 1.83. The van der Waals surface area contributed by atoms with Gasteiger partial charge in [0.25, 0.3) is 11.5 Å². The summed E-state index contributed by atoms with van der Waals surface area (Å²) in [6, 6.07) is 17.8. The van der Waals surface area contributed by atoms with Crippen LogP contribution in [0.25, 0.3) is 10.7 Å². The van der Waals surface area contributed by atoms with Crippen molar-refractivity contribution in [3.05, 3.63) is 74.1 Å². The number of anilines is 2. The smallest absolute Gasteiger partial charge is 0.280 e. The maximum absolute atomic E-state index is 13.7. The lowest BCUT2D eigenvalue weighted by Crippen LogP contribution is -2.36. The zero-order chi connectivity index (χ0) is 24.0. The molecule has 1 fully saturated rings. The van der Waals surface area contributed by atoms with Gasteiger partial charge >= 0.3 is 0 Å². The largest absolute Gasteiger partial charge is 0.334 e. The Morgan fingerprint density at radius 2 is 1.53 bits per heavy atom. The average Bonchev–Trinajstić information content (AvgIpc) is 3.47. The van der Waals surface area contributed by atoms with Crippen molar-refractivity contribution in [2.75, 3.05) is 22.9 Å². The normalized spacial score (nSPS) is 18.9. The summed E-state index contributed by atoms with van der Waals surface area (Å²) in [4.78, 5) is 34.0. The number of hydrogen-bond donors (Lipinski definition) is 0. The highest BCUT2D eigenvalue weighted by molar-refractivity contribution is 8.08.